The maximum absolute atomic E-state index is 11.1. The highest BCUT2D eigenvalue weighted by Gasteiger charge is 2.11. The van der Waals surface area contributed by atoms with Crippen LogP contribution in [0.25, 0.3) is 0 Å². The predicted octanol–water partition coefficient (Wildman–Crippen LogP) is 3.13. The van der Waals surface area contributed by atoms with Gasteiger partial charge in [-0.05, 0) is 27.6 Å². The number of rotatable bonds is 5. The zero-order valence-electron chi connectivity index (χ0n) is 11.1. The molecule has 0 aliphatic heterocycles. The van der Waals surface area contributed by atoms with Crippen LogP contribution >= 0.6 is 15.9 Å². The number of amides is 1. The number of hydrogen-bond acceptors (Lipinski definition) is 3. The largest absolute Gasteiger partial charge is 0.375 e. The van der Waals surface area contributed by atoms with E-state index in [1.54, 1.807) is 12.4 Å². The van der Waals surface area contributed by atoms with Crippen molar-refractivity contribution in [1.29, 1.82) is 0 Å². The SMILES string of the molecule is CC(=O)NCC(Nc1cncc(Br)c1)c1ccccc1. The molecular weight excluding hydrogens is 318 g/mol. The van der Waals surface area contributed by atoms with E-state index >= 15 is 0 Å². The second-order valence-corrected chi connectivity index (χ2v) is 5.35. The monoisotopic (exact) mass is 333 g/mol. The molecule has 2 N–H and O–H groups in total. The molecule has 0 bridgehead atoms. The summed E-state index contributed by atoms with van der Waals surface area (Å²) in [6.45, 7) is 2.04. The van der Waals surface area contributed by atoms with Crippen LogP contribution in [0.3, 0.4) is 0 Å². The highest BCUT2D eigenvalue weighted by molar-refractivity contribution is 9.10. The summed E-state index contributed by atoms with van der Waals surface area (Å²) in [7, 11) is 0. The van der Waals surface area contributed by atoms with E-state index in [4.69, 9.17) is 0 Å². The predicted molar refractivity (Wildman–Crippen MR) is 83.4 cm³/mol. The fraction of sp³-hybridized carbons (Fsp3) is 0.200. The molecule has 4 nitrogen and oxygen atoms in total. The molecule has 5 heteroatoms. The van der Waals surface area contributed by atoms with Crippen molar-refractivity contribution < 1.29 is 4.79 Å². The van der Waals surface area contributed by atoms with Crippen LogP contribution < -0.4 is 10.6 Å². The van der Waals surface area contributed by atoms with Crippen molar-refractivity contribution in [3.8, 4) is 0 Å². The van der Waals surface area contributed by atoms with Crippen molar-refractivity contribution >= 4 is 27.5 Å². The first-order valence-electron chi connectivity index (χ1n) is 6.31. The molecule has 0 spiro atoms. The van der Waals surface area contributed by atoms with Gasteiger partial charge in [0.2, 0.25) is 5.91 Å². The van der Waals surface area contributed by atoms with Crippen molar-refractivity contribution in [2.24, 2.45) is 0 Å². The van der Waals surface area contributed by atoms with Gasteiger partial charge < -0.3 is 10.6 Å². The minimum absolute atomic E-state index is 0.00352. The molecule has 0 aliphatic carbocycles. The second-order valence-electron chi connectivity index (χ2n) is 4.44. The summed E-state index contributed by atoms with van der Waals surface area (Å²) in [6, 6.07) is 12.0. The summed E-state index contributed by atoms with van der Waals surface area (Å²) >= 11 is 3.40. The van der Waals surface area contributed by atoms with Crippen LogP contribution in [0.5, 0.6) is 0 Å². The number of carbonyl (C=O) groups excluding carboxylic acids is 1. The molecule has 0 fully saturated rings. The Bertz CT molecular complexity index is 574. The molecule has 1 aromatic carbocycles. The number of carbonyl (C=O) groups is 1. The van der Waals surface area contributed by atoms with Crippen LogP contribution in [-0.2, 0) is 4.79 Å². The summed E-state index contributed by atoms with van der Waals surface area (Å²) in [6.07, 6.45) is 3.49. The molecule has 2 rings (SSSR count). The number of pyridine rings is 1. The van der Waals surface area contributed by atoms with Crippen LogP contribution in [0.1, 0.15) is 18.5 Å². The lowest BCUT2D eigenvalue weighted by Gasteiger charge is -2.20. The number of nitrogens with zero attached hydrogens (tertiary/aromatic N) is 1. The lowest BCUT2D eigenvalue weighted by molar-refractivity contribution is -0.119. The Labute approximate surface area is 126 Å². The lowest BCUT2D eigenvalue weighted by Crippen LogP contribution is -2.29. The van der Waals surface area contributed by atoms with E-state index in [-0.39, 0.29) is 11.9 Å². The van der Waals surface area contributed by atoms with Gasteiger partial charge in [-0.2, -0.15) is 0 Å². The molecule has 104 valence electrons. The van der Waals surface area contributed by atoms with Gasteiger partial charge in [0.15, 0.2) is 0 Å². The van der Waals surface area contributed by atoms with Crippen LogP contribution in [0.15, 0.2) is 53.3 Å². The van der Waals surface area contributed by atoms with Crippen LogP contribution in [0, 0.1) is 0 Å². The summed E-state index contributed by atoms with van der Waals surface area (Å²) in [5.74, 6) is -0.0416. The third-order valence-electron chi connectivity index (χ3n) is 2.80. The number of benzene rings is 1. The molecule has 20 heavy (non-hydrogen) atoms. The highest BCUT2D eigenvalue weighted by Crippen LogP contribution is 2.20. The summed E-state index contributed by atoms with van der Waals surface area (Å²) < 4.78 is 0.911. The normalized spacial score (nSPS) is 11.7. The van der Waals surface area contributed by atoms with Gasteiger partial charge in [0.05, 0.1) is 17.9 Å². The maximum Gasteiger partial charge on any atom is 0.216 e. The van der Waals surface area contributed by atoms with Crippen molar-refractivity contribution in [2.75, 3.05) is 11.9 Å². The van der Waals surface area contributed by atoms with Gasteiger partial charge >= 0.3 is 0 Å². The Hall–Kier alpha value is -1.88. The number of halogens is 1. The molecule has 1 aromatic heterocycles. The van der Waals surface area contributed by atoms with E-state index in [1.807, 2.05) is 36.4 Å². The second kappa shape index (κ2) is 7.05. The molecular formula is C15H16BrN3O. The van der Waals surface area contributed by atoms with E-state index in [0.717, 1.165) is 15.7 Å². The van der Waals surface area contributed by atoms with Gasteiger partial charge in [-0.1, -0.05) is 30.3 Å². The van der Waals surface area contributed by atoms with E-state index in [0.29, 0.717) is 6.54 Å². The quantitative estimate of drug-likeness (QED) is 0.883. The number of hydrogen-bond donors (Lipinski definition) is 2. The average molecular weight is 334 g/mol. The summed E-state index contributed by atoms with van der Waals surface area (Å²) in [5.41, 5.74) is 2.01. The van der Waals surface area contributed by atoms with E-state index in [9.17, 15) is 4.79 Å². The highest BCUT2D eigenvalue weighted by atomic mass is 79.9. The minimum atomic E-state index is -0.0416. The third kappa shape index (κ3) is 4.35. The Morgan fingerprint density at radius 3 is 2.70 bits per heavy atom. The fourth-order valence-electron chi connectivity index (χ4n) is 1.88. The minimum Gasteiger partial charge on any atom is -0.375 e. The molecule has 0 saturated heterocycles. The first-order chi connectivity index (χ1) is 9.65. The average Bonchev–Trinajstić information content (AvgIpc) is 2.44. The van der Waals surface area contributed by atoms with Gasteiger partial charge in [-0.3, -0.25) is 9.78 Å². The number of aromatic nitrogens is 1. The zero-order chi connectivity index (χ0) is 14.4. The Morgan fingerprint density at radius 1 is 1.30 bits per heavy atom. The fourth-order valence-corrected chi connectivity index (χ4v) is 2.24. The molecule has 0 radical (unpaired) electrons. The van der Waals surface area contributed by atoms with Crippen LogP contribution in [-0.4, -0.2) is 17.4 Å². The van der Waals surface area contributed by atoms with Gasteiger partial charge in [-0.15, -0.1) is 0 Å². The molecule has 1 heterocycles. The van der Waals surface area contributed by atoms with E-state index < -0.39 is 0 Å². The Balaban J connectivity index is 2.16. The van der Waals surface area contributed by atoms with Gasteiger partial charge in [-0.25, -0.2) is 0 Å². The maximum atomic E-state index is 11.1. The first kappa shape index (κ1) is 14.5. The van der Waals surface area contributed by atoms with Crippen molar-refractivity contribution in [2.45, 2.75) is 13.0 Å². The number of anilines is 1. The van der Waals surface area contributed by atoms with Crippen molar-refractivity contribution in [3.63, 3.8) is 0 Å². The van der Waals surface area contributed by atoms with Gasteiger partial charge in [0.25, 0.3) is 0 Å². The Morgan fingerprint density at radius 2 is 2.05 bits per heavy atom. The first-order valence-corrected chi connectivity index (χ1v) is 7.11. The smallest absolute Gasteiger partial charge is 0.216 e. The zero-order valence-corrected chi connectivity index (χ0v) is 12.7. The van der Waals surface area contributed by atoms with E-state index in [1.165, 1.54) is 6.92 Å². The molecule has 2 aromatic rings. The lowest BCUT2D eigenvalue weighted by atomic mass is 10.1. The third-order valence-corrected chi connectivity index (χ3v) is 3.24. The molecule has 1 atom stereocenters. The molecule has 0 saturated carbocycles. The topological polar surface area (TPSA) is 54.0 Å². The van der Waals surface area contributed by atoms with Crippen molar-refractivity contribution in [1.82, 2.24) is 10.3 Å². The van der Waals surface area contributed by atoms with Gasteiger partial charge in [0, 0.05) is 24.1 Å². The molecule has 0 aliphatic rings. The van der Waals surface area contributed by atoms with E-state index in [2.05, 4.69) is 31.5 Å². The van der Waals surface area contributed by atoms with Crippen LogP contribution in [0.2, 0.25) is 0 Å². The molecule has 1 unspecified atom stereocenters. The molecule has 1 amide bonds. The Kier molecular flexibility index (Phi) is 5.12. The van der Waals surface area contributed by atoms with Gasteiger partial charge in [0.1, 0.15) is 0 Å². The standard InChI is InChI=1S/C15H16BrN3O/c1-11(20)18-10-15(12-5-3-2-4-6-12)19-14-7-13(16)8-17-9-14/h2-9,15,19H,10H2,1H3,(H,18,20). The number of nitrogens with one attached hydrogen (secondary N) is 2. The van der Waals surface area contributed by atoms with Crippen LogP contribution in [0.4, 0.5) is 5.69 Å². The van der Waals surface area contributed by atoms with Crippen molar-refractivity contribution in [3.05, 3.63) is 58.8 Å². The summed E-state index contributed by atoms with van der Waals surface area (Å²) in [4.78, 5) is 15.3. The summed E-state index contributed by atoms with van der Waals surface area (Å²) in [5, 5.41) is 6.23.